The van der Waals surface area contributed by atoms with Gasteiger partial charge in [0.05, 0.1) is 0 Å². The third kappa shape index (κ3) is 2.77. The van der Waals surface area contributed by atoms with Gasteiger partial charge in [-0.25, -0.2) is 0 Å². The number of phenols is 1. The van der Waals surface area contributed by atoms with Crippen LogP contribution in [0.2, 0.25) is 13.1 Å². The Morgan fingerprint density at radius 3 is 2.50 bits per heavy atom. The van der Waals surface area contributed by atoms with Crippen molar-refractivity contribution < 1.29 is 9.90 Å². The predicted molar refractivity (Wildman–Crippen MR) is 120 cm³/mol. The zero-order chi connectivity index (χ0) is 18.8. The average Bonchev–Trinajstić information content (AvgIpc) is 2.84. The zero-order valence-corrected chi connectivity index (χ0v) is 21.2. The molecule has 1 N–H and O–H groups in total. The Morgan fingerprint density at radius 2 is 1.85 bits per heavy atom. The molecule has 4 rings (SSSR count). The first-order chi connectivity index (χ1) is 12.2. The molecule has 2 aliphatic rings. The number of ketones is 1. The summed E-state index contributed by atoms with van der Waals surface area (Å²) >= 11 is 10.9. The molecule has 2 aromatic rings. The molecular weight excluding hydrogens is 609 g/mol. The topological polar surface area (TPSA) is 49.7 Å². The van der Waals surface area contributed by atoms with Gasteiger partial charge in [0.2, 0.25) is 0 Å². The van der Waals surface area contributed by atoms with E-state index in [2.05, 4.69) is 60.9 Å². The summed E-state index contributed by atoms with van der Waals surface area (Å²) < 4.78 is 4.13. The first-order valence-corrected chi connectivity index (χ1v) is 14.8. The summed E-state index contributed by atoms with van der Waals surface area (Å²) in [6.07, 6.45) is 5.09. The molecule has 0 spiro atoms. The van der Waals surface area contributed by atoms with Crippen molar-refractivity contribution in [2.24, 2.45) is 4.99 Å². The summed E-state index contributed by atoms with van der Waals surface area (Å²) in [6.45, 7) is 4.44. The third-order valence-electron chi connectivity index (χ3n) is 4.65. The first-order valence-electron chi connectivity index (χ1n) is 7.75. The first kappa shape index (κ1) is 18.8. The van der Waals surface area contributed by atoms with Gasteiger partial charge in [0.1, 0.15) is 0 Å². The standard InChI is InChI=1S/C18H12Br3NO2SeSi/c1-26(2)12-7-8(23)3-4-9(12)22-10-5-6-11(24)13(17(10)26)16-14(19)15(20)18(21)25-16/h3-7,24H,1-2H3. The van der Waals surface area contributed by atoms with Crippen molar-refractivity contribution in [2.45, 2.75) is 13.1 Å². The predicted octanol–water partition coefficient (Wildman–Crippen LogP) is 5.01. The number of halogens is 3. The Morgan fingerprint density at radius 1 is 1.12 bits per heavy atom. The Bertz CT molecular complexity index is 1080. The van der Waals surface area contributed by atoms with E-state index < -0.39 is 8.07 Å². The molecular formula is C18H12Br3NO2SeSi. The molecule has 0 atom stereocenters. The maximum atomic E-state index is 12.0. The van der Waals surface area contributed by atoms with E-state index in [-0.39, 0.29) is 26.0 Å². The van der Waals surface area contributed by atoms with Crippen LogP contribution in [-0.4, -0.2) is 39.2 Å². The number of carbonyl (C=O) groups is 1. The van der Waals surface area contributed by atoms with Crippen molar-refractivity contribution in [3.05, 3.63) is 47.8 Å². The van der Waals surface area contributed by atoms with Crippen LogP contribution < -0.4 is 5.19 Å². The number of aromatic hydroxyl groups is 1. The second-order valence-corrected chi connectivity index (χ2v) is 16.6. The number of nitrogens with zero attached hydrogens (tertiary/aromatic N) is 1. The molecule has 0 fully saturated rings. The van der Waals surface area contributed by atoms with Crippen LogP contribution in [-0.2, 0) is 4.79 Å². The normalized spacial score (nSPS) is 17.5. The Balaban J connectivity index is 2.09. The molecule has 0 saturated carbocycles. The van der Waals surface area contributed by atoms with E-state index in [0.29, 0.717) is 0 Å². The van der Waals surface area contributed by atoms with E-state index in [1.54, 1.807) is 18.2 Å². The van der Waals surface area contributed by atoms with Crippen LogP contribution in [0, 0.1) is 0 Å². The Kier molecular flexibility index (Phi) is 4.73. The number of rotatable bonds is 1. The van der Waals surface area contributed by atoms with Gasteiger partial charge in [0.25, 0.3) is 0 Å². The molecule has 1 aromatic heterocycles. The van der Waals surface area contributed by atoms with Gasteiger partial charge in [0.15, 0.2) is 0 Å². The summed E-state index contributed by atoms with van der Waals surface area (Å²) in [5, 5.41) is 12.9. The molecule has 0 unspecified atom stereocenters. The SMILES string of the molecule is C[Si]1(C)C2=CC(=O)C=CC2=Nc2ccc(O)c(-c3[se]c(Br)c(Br)c3Br)c21. The second-order valence-electron chi connectivity index (χ2n) is 6.60. The van der Waals surface area contributed by atoms with Crippen molar-refractivity contribution in [2.75, 3.05) is 0 Å². The van der Waals surface area contributed by atoms with Gasteiger partial charge in [-0.15, -0.1) is 0 Å². The average molecular weight is 621 g/mol. The number of fused-ring (bicyclic) bond motifs is 2. The van der Waals surface area contributed by atoms with Crippen molar-refractivity contribution in [3.63, 3.8) is 0 Å². The monoisotopic (exact) mass is 619 g/mol. The van der Waals surface area contributed by atoms with Crippen molar-refractivity contribution >= 4 is 92.7 Å². The van der Waals surface area contributed by atoms with Gasteiger partial charge in [-0.05, 0) is 0 Å². The van der Waals surface area contributed by atoms with Crippen LogP contribution in [0.25, 0.3) is 10.0 Å². The van der Waals surface area contributed by atoms with Gasteiger partial charge < -0.3 is 0 Å². The van der Waals surface area contributed by atoms with E-state index in [1.165, 1.54) is 0 Å². The van der Waals surface area contributed by atoms with Crippen LogP contribution in [0.1, 0.15) is 0 Å². The molecule has 8 heteroatoms. The fraction of sp³-hybridized carbons (Fsp3) is 0.111. The molecule has 132 valence electrons. The number of aliphatic imine (C=N–C) groups is 1. The second kappa shape index (κ2) is 6.53. The fourth-order valence-corrected chi connectivity index (χ4v) is 12.0. The fourth-order valence-electron chi connectivity index (χ4n) is 3.44. The molecule has 1 aliphatic heterocycles. The molecule has 3 nitrogen and oxygen atoms in total. The Labute approximate surface area is 183 Å². The van der Waals surface area contributed by atoms with Crippen LogP contribution >= 0.6 is 47.8 Å². The van der Waals surface area contributed by atoms with Crippen molar-refractivity contribution in [1.82, 2.24) is 0 Å². The van der Waals surface area contributed by atoms with E-state index in [1.807, 2.05) is 12.1 Å². The van der Waals surface area contributed by atoms with E-state index in [4.69, 9.17) is 4.99 Å². The van der Waals surface area contributed by atoms with Crippen LogP contribution in [0.3, 0.4) is 0 Å². The molecule has 2 heterocycles. The molecule has 0 amide bonds. The van der Waals surface area contributed by atoms with Crippen LogP contribution in [0.5, 0.6) is 5.75 Å². The molecule has 1 aromatic carbocycles. The number of hydrogen-bond donors (Lipinski definition) is 1. The van der Waals surface area contributed by atoms with Crippen molar-refractivity contribution in [1.29, 1.82) is 0 Å². The van der Waals surface area contributed by atoms with E-state index in [0.717, 1.165) is 44.1 Å². The Hall–Kier alpha value is -0.504. The maximum absolute atomic E-state index is 12.0. The molecule has 0 radical (unpaired) electrons. The van der Waals surface area contributed by atoms with Gasteiger partial charge in [0, 0.05) is 0 Å². The number of allylic oxidation sites excluding steroid dienone is 4. The number of carbonyl (C=O) groups excluding carboxylic acids is 1. The van der Waals surface area contributed by atoms with Gasteiger partial charge in [-0.3, -0.25) is 0 Å². The molecule has 0 saturated heterocycles. The number of phenolic OH excluding ortho intramolecular Hbond substituents is 1. The molecule has 1 aliphatic carbocycles. The third-order valence-corrected chi connectivity index (χ3v) is 15.3. The van der Waals surface area contributed by atoms with E-state index in [9.17, 15) is 9.90 Å². The van der Waals surface area contributed by atoms with Gasteiger partial charge in [-0.1, -0.05) is 0 Å². The van der Waals surface area contributed by atoms with Crippen LogP contribution in [0.15, 0.2) is 52.8 Å². The summed E-state index contributed by atoms with van der Waals surface area (Å²) in [5.74, 6) is 0.264. The zero-order valence-electron chi connectivity index (χ0n) is 13.7. The van der Waals surface area contributed by atoms with Crippen molar-refractivity contribution in [3.8, 4) is 15.8 Å². The summed E-state index contributed by atoms with van der Waals surface area (Å²) in [5.41, 5.74) is 2.63. The minimum atomic E-state index is -2.23. The molecule has 26 heavy (non-hydrogen) atoms. The summed E-state index contributed by atoms with van der Waals surface area (Å²) in [7, 11) is -2.23. The molecule has 0 bridgehead atoms. The quantitative estimate of drug-likeness (QED) is 0.360. The van der Waals surface area contributed by atoms with E-state index >= 15 is 0 Å². The van der Waals surface area contributed by atoms with Gasteiger partial charge in [-0.2, -0.15) is 0 Å². The van der Waals surface area contributed by atoms with Crippen LogP contribution in [0.4, 0.5) is 5.69 Å². The summed E-state index contributed by atoms with van der Waals surface area (Å²) in [4.78, 5) is 16.8. The number of hydrogen-bond acceptors (Lipinski definition) is 3. The van der Waals surface area contributed by atoms with Gasteiger partial charge >= 0.3 is 184 Å². The minimum absolute atomic E-state index is 0.00214. The number of benzene rings is 1. The summed E-state index contributed by atoms with van der Waals surface area (Å²) in [6, 6.07) is 3.60.